The molecule has 0 saturated carbocycles. The summed E-state index contributed by atoms with van der Waals surface area (Å²) in [4.78, 5) is 15.2. The molecule has 0 aliphatic carbocycles. The van der Waals surface area contributed by atoms with Crippen LogP contribution in [0.25, 0.3) is 88.8 Å². The molecule has 0 spiro atoms. The summed E-state index contributed by atoms with van der Waals surface area (Å²) in [7, 11) is 0. The Kier molecular flexibility index (Phi) is 5.78. The summed E-state index contributed by atoms with van der Waals surface area (Å²) < 4.78 is 6.48. The summed E-state index contributed by atoms with van der Waals surface area (Å²) in [5.41, 5.74) is 6.60. The Balaban J connectivity index is 1.33. The van der Waals surface area contributed by atoms with Gasteiger partial charge in [-0.1, -0.05) is 127 Å². The molecule has 0 aliphatic rings. The lowest BCUT2D eigenvalue weighted by Gasteiger charge is -2.12. The quantitative estimate of drug-likeness (QED) is 0.209. The van der Waals surface area contributed by atoms with E-state index in [1.807, 2.05) is 42.5 Å². The third-order valence-corrected chi connectivity index (χ3v) is 8.50. The molecule has 0 bridgehead atoms. The Morgan fingerprint density at radius 2 is 1.02 bits per heavy atom. The van der Waals surface area contributed by atoms with Gasteiger partial charge in [0.15, 0.2) is 17.5 Å². The predicted molar refractivity (Wildman–Crippen MR) is 184 cm³/mol. The molecule has 2 aromatic heterocycles. The second-order valence-electron chi connectivity index (χ2n) is 11.3. The van der Waals surface area contributed by atoms with E-state index < -0.39 is 0 Å². The van der Waals surface area contributed by atoms with Gasteiger partial charge in [0.25, 0.3) is 0 Å². The Labute approximate surface area is 259 Å². The normalized spacial score (nSPS) is 11.6. The third-order valence-electron chi connectivity index (χ3n) is 8.50. The van der Waals surface area contributed by atoms with E-state index in [0.717, 1.165) is 60.5 Å². The first kappa shape index (κ1) is 25.4. The van der Waals surface area contributed by atoms with Gasteiger partial charge in [-0.05, 0) is 56.9 Å². The number of furan rings is 1. The lowest BCUT2D eigenvalue weighted by molar-refractivity contribution is 0.669. The summed E-state index contributed by atoms with van der Waals surface area (Å²) in [6.45, 7) is 0. The predicted octanol–water partition coefficient (Wildman–Crippen LogP) is 10.7. The minimum atomic E-state index is 0.594. The average Bonchev–Trinajstić information content (AvgIpc) is 3.49. The van der Waals surface area contributed by atoms with Crippen molar-refractivity contribution >= 4 is 43.5 Å². The van der Waals surface area contributed by atoms with Crippen LogP contribution in [0.5, 0.6) is 0 Å². The number of benzene rings is 7. The molecule has 7 aromatic carbocycles. The highest BCUT2D eigenvalue weighted by Crippen LogP contribution is 2.41. The molecule has 9 rings (SSSR count). The molecule has 2 heterocycles. The van der Waals surface area contributed by atoms with Gasteiger partial charge >= 0.3 is 0 Å². The summed E-state index contributed by atoms with van der Waals surface area (Å²) in [5.74, 6) is 1.85. The van der Waals surface area contributed by atoms with Gasteiger partial charge in [0.2, 0.25) is 0 Å². The number of hydrogen-bond acceptors (Lipinski definition) is 4. The maximum atomic E-state index is 6.48. The van der Waals surface area contributed by atoms with Crippen molar-refractivity contribution in [3.8, 4) is 45.3 Å². The SMILES string of the molecule is c1ccc(-c2nc(-c3cc(-c4ccc5ccccc5c4)c4c(c3)oc3ccccc34)nc(-c3cccc4ccccc34)n2)cc1. The Morgan fingerprint density at radius 1 is 0.356 bits per heavy atom. The van der Waals surface area contributed by atoms with Crippen molar-refractivity contribution in [3.05, 3.63) is 152 Å². The van der Waals surface area contributed by atoms with Gasteiger partial charge in [-0.2, -0.15) is 0 Å². The van der Waals surface area contributed by atoms with Crippen LogP contribution >= 0.6 is 0 Å². The molecule has 9 aromatic rings. The number of nitrogens with zero attached hydrogens (tertiary/aromatic N) is 3. The standard InChI is InChI=1S/C41H25N3O/c1-2-13-28(14-3-1)39-42-40(44-41(43-39)33-19-10-16-27-12-6-7-17-32(27)33)31-24-35(30-22-21-26-11-4-5-15-29(26)23-30)38-34-18-8-9-20-36(34)45-37(38)25-31/h1-25H. The maximum Gasteiger partial charge on any atom is 0.164 e. The van der Waals surface area contributed by atoms with Crippen molar-refractivity contribution in [3.63, 3.8) is 0 Å². The zero-order valence-corrected chi connectivity index (χ0v) is 24.2. The van der Waals surface area contributed by atoms with E-state index >= 15 is 0 Å². The van der Waals surface area contributed by atoms with E-state index in [1.165, 1.54) is 10.8 Å². The number of hydrogen-bond donors (Lipinski definition) is 0. The molecule has 0 aliphatic heterocycles. The highest BCUT2D eigenvalue weighted by Gasteiger charge is 2.19. The Morgan fingerprint density at radius 3 is 1.89 bits per heavy atom. The first-order valence-electron chi connectivity index (χ1n) is 15.0. The first-order chi connectivity index (χ1) is 22.3. The van der Waals surface area contributed by atoms with Gasteiger partial charge in [0.05, 0.1) is 0 Å². The van der Waals surface area contributed by atoms with Crippen molar-refractivity contribution in [2.24, 2.45) is 0 Å². The molecule has 0 amide bonds. The lowest BCUT2D eigenvalue weighted by Crippen LogP contribution is -2.00. The zero-order chi connectivity index (χ0) is 29.7. The van der Waals surface area contributed by atoms with E-state index in [4.69, 9.17) is 19.4 Å². The maximum absolute atomic E-state index is 6.48. The van der Waals surface area contributed by atoms with E-state index in [1.54, 1.807) is 0 Å². The van der Waals surface area contributed by atoms with Gasteiger partial charge in [-0.25, -0.2) is 15.0 Å². The number of aromatic nitrogens is 3. The van der Waals surface area contributed by atoms with E-state index in [2.05, 4.69) is 109 Å². The number of para-hydroxylation sites is 1. The van der Waals surface area contributed by atoms with Crippen LogP contribution in [0.2, 0.25) is 0 Å². The van der Waals surface area contributed by atoms with Gasteiger partial charge in [-0.15, -0.1) is 0 Å². The van der Waals surface area contributed by atoms with Gasteiger partial charge in [-0.3, -0.25) is 0 Å². The summed E-state index contributed by atoms with van der Waals surface area (Å²) in [6, 6.07) is 52.2. The fourth-order valence-corrected chi connectivity index (χ4v) is 6.33. The minimum absolute atomic E-state index is 0.594. The third kappa shape index (κ3) is 4.35. The van der Waals surface area contributed by atoms with Crippen LogP contribution in [-0.4, -0.2) is 15.0 Å². The van der Waals surface area contributed by atoms with Crippen molar-refractivity contribution in [2.75, 3.05) is 0 Å². The molecule has 0 saturated heterocycles. The highest BCUT2D eigenvalue weighted by molar-refractivity contribution is 6.14. The van der Waals surface area contributed by atoms with Crippen LogP contribution in [0.4, 0.5) is 0 Å². The smallest absolute Gasteiger partial charge is 0.164 e. The molecule has 0 radical (unpaired) electrons. The molecule has 4 nitrogen and oxygen atoms in total. The molecule has 45 heavy (non-hydrogen) atoms. The highest BCUT2D eigenvalue weighted by atomic mass is 16.3. The van der Waals surface area contributed by atoms with E-state index in [-0.39, 0.29) is 0 Å². The number of fused-ring (bicyclic) bond motifs is 5. The minimum Gasteiger partial charge on any atom is -0.456 e. The van der Waals surface area contributed by atoms with Crippen molar-refractivity contribution < 1.29 is 4.42 Å². The van der Waals surface area contributed by atoms with Crippen molar-refractivity contribution in [1.82, 2.24) is 15.0 Å². The lowest BCUT2D eigenvalue weighted by atomic mass is 9.95. The van der Waals surface area contributed by atoms with Crippen LogP contribution in [0, 0.1) is 0 Å². The van der Waals surface area contributed by atoms with Crippen molar-refractivity contribution in [1.29, 1.82) is 0 Å². The van der Waals surface area contributed by atoms with Crippen LogP contribution in [0.15, 0.2) is 156 Å². The zero-order valence-electron chi connectivity index (χ0n) is 24.2. The molecule has 210 valence electrons. The molecule has 0 N–H and O–H groups in total. The topological polar surface area (TPSA) is 51.8 Å². The second-order valence-corrected chi connectivity index (χ2v) is 11.3. The fraction of sp³-hybridized carbons (Fsp3) is 0. The van der Waals surface area contributed by atoms with Gasteiger partial charge in [0, 0.05) is 27.5 Å². The molecular weight excluding hydrogens is 550 g/mol. The summed E-state index contributed by atoms with van der Waals surface area (Å²) >= 11 is 0. The van der Waals surface area contributed by atoms with Crippen LogP contribution < -0.4 is 0 Å². The summed E-state index contributed by atoms with van der Waals surface area (Å²) in [6.07, 6.45) is 0. The summed E-state index contributed by atoms with van der Waals surface area (Å²) in [5, 5.41) is 6.79. The Bertz CT molecular complexity index is 2540. The van der Waals surface area contributed by atoms with Crippen LogP contribution in [0.1, 0.15) is 0 Å². The Hall–Kier alpha value is -6.13. The molecular formula is C41H25N3O. The monoisotopic (exact) mass is 575 g/mol. The van der Waals surface area contributed by atoms with Crippen LogP contribution in [-0.2, 0) is 0 Å². The molecule has 0 fully saturated rings. The fourth-order valence-electron chi connectivity index (χ4n) is 6.33. The second kappa shape index (κ2) is 10.2. The average molecular weight is 576 g/mol. The molecule has 0 atom stereocenters. The van der Waals surface area contributed by atoms with Crippen molar-refractivity contribution in [2.45, 2.75) is 0 Å². The molecule has 0 unspecified atom stereocenters. The molecule has 4 heteroatoms. The van der Waals surface area contributed by atoms with Gasteiger partial charge < -0.3 is 4.42 Å². The van der Waals surface area contributed by atoms with E-state index in [9.17, 15) is 0 Å². The largest absolute Gasteiger partial charge is 0.456 e. The van der Waals surface area contributed by atoms with E-state index in [0.29, 0.717) is 17.5 Å². The van der Waals surface area contributed by atoms with Crippen LogP contribution in [0.3, 0.4) is 0 Å². The first-order valence-corrected chi connectivity index (χ1v) is 15.0. The van der Waals surface area contributed by atoms with Gasteiger partial charge in [0.1, 0.15) is 11.2 Å². The number of rotatable bonds is 4.